The summed E-state index contributed by atoms with van der Waals surface area (Å²) in [4.78, 5) is 42.2. The van der Waals surface area contributed by atoms with E-state index in [1.165, 1.54) is 24.5 Å². The van der Waals surface area contributed by atoms with Crippen LogP contribution in [0.2, 0.25) is 0 Å². The van der Waals surface area contributed by atoms with Gasteiger partial charge in [0, 0.05) is 9.86 Å². The van der Waals surface area contributed by atoms with Gasteiger partial charge in [-0.3, -0.25) is 9.59 Å². The van der Waals surface area contributed by atoms with E-state index >= 15 is 0 Å². The van der Waals surface area contributed by atoms with E-state index in [-0.39, 0.29) is 16.9 Å². The molecule has 9 heteroatoms. The van der Waals surface area contributed by atoms with E-state index < -0.39 is 17.5 Å². The van der Waals surface area contributed by atoms with Crippen molar-refractivity contribution in [1.82, 2.24) is 4.57 Å². The highest BCUT2D eigenvalue weighted by molar-refractivity contribution is 9.10. The molecule has 0 saturated carbocycles. The van der Waals surface area contributed by atoms with Crippen molar-refractivity contribution in [2.75, 3.05) is 7.11 Å². The Bertz CT molecular complexity index is 1710. The second-order valence-electron chi connectivity index (χ2n) is 7.22. The van der Waals surface area contributed by atoms with Crippen LogP contribution in [0.3, 0.4) is 0 Å². The number of aromatic nitrogens is 1. The molecule has 0 atom stereocenters. The van der Waals surface area contributed by atoms with Crippen molar-refractivity contribution in [1.29, 1.82) is 0 Å². The Hall–Kier alpha value is -3.56. The van der Waals surface area contributed by atoms with E-state index in [9.17, 15) is 14.4 Å². The maximum atomic E-state index is 13.1. The number of benzene rings is 3. The quantitative estimate of drug-likeness (QED) is 0.195. The van der Waals surface area contributed by atoms with Crippen molar-refractivity contribution in [3.8, 4) is 0 Å². The molecule has 0 saturated heterocycles. The van der Waals surface area contributed by atoms with Crippen molar-refractivity contribution >= 4 is 71.1 Å². The van der Waals surface area contributed by atoms with Crippen LogP contribution in [0.5, 0.6) is 0 Å². The van der Waals surface area contributed by atoms with Crippen molar-refractivity contribution in [2.45, 2.75) is 6.54 Å². The van der Waals surface area contributed by atoms with Gasteiger partial charge in [0.25, 0.3) is 5.91 Å². The first-order valence-electron chi connectivity index (χ1n) is 9.85. The van der Waals surface area contributed by atoms with E-state index in [2.05, 4.69) is 20.9 Å². The SMILES string of the molecule is COC(=O)Cn1c(=NC(=O)c2cc3c(ccc4ccccc43)oc2=O)sc2cc(Br)ccc21. The number of rotatable bonds is 3. The van der Waals surface area contributed by atoms with Gasteiger partial charge in [0.15, 0.2) is 4.80 Å². The fraction of sp³-hybridized carbons (Fsp3) is 0.0833. The normalized spacial score (nSPS) is 12.0. The second kappa shape index (κ2) is 8.42. The van der Waals surface area contributed by atoms with E-state index in [0.29, 0.717) is 11.0 Å². The molecule has 0 radical (unpaired) electrons. The fourth-order valence-corrected chi connectivity index (χ4v) is 5.23. The third-order valence-corrected chi connectivity index (χ3v) is 6.76. The zero-order chi connectivity index (χ0) is 23.1. The molecule has 0 fully saturated rings. The maximum Gasteiger partial charge on any atom is 0.349 e. The lowest BCUT2D eigenvalue weighted by Gasteiger charge is -2.04. The van der Waals surface area contributed by atoms with Crippen molar-refractivity contribution < 1.29 is 18.7 Å². The van der Waals surface area contributed by atoms with Crippen LogP contribution in [0.4, 0.5) is 0 Å². The number of fused-ring (bicyclic) bond motifs is 4. The number of amides is 1. The van der Waals surface area contributed by atoms with Crippen molar-refractivity contribution in [2.24, 2.45) is 4.99 Å². The summed E-state index contributed by atoms with van der Waals surface area (Å²) in [6, 6.07) is 18.2. The van der Waals surface area contributed by atoms with E-state index in [1.54, 1.807) is 10.6 Å². The van der Waals surface area contributed by atoms with Crippen LogP contribution >= 0.6 is 27.3 Å². The van der Waals surface area contributed by atoms with Crippen LogP contribution in [0, 0.1) is 0 Å². The summed E-state index contributed by atoms with van der Waals surface area (Å²) >= 11 is 4.66. The molecule has 2 heterocycles. The first-order chi connectivity index (χ1) is 15.9. The van der Waals surface area contributed by atoms with Gasteiger partial charge in [-0.1, -0.05) is 57.6 Å². The number of methoxy groups -OCH3 is 1. The van der Waals surface area contributed by atoms with Crippen LogP contribution < -0.4 is 10.4 Å². The van der Waals surface area contributed by atoms with Gasteiger partial charge in [0.2, 0.25) is 0 Å². The molecule has 5 rings (SSSR count). The van der Waals surface area contributed by atoms with Crippen LogP contribution in [0.1, 0.15) is 10.4 Å². The molecule has 0 aliphatic carbocycles. The van der Waals surface area contributed by atoms with Gasteiger partial charge in [-0.05, 0) is 41.1 Å². The predicted octanol–water partition coefficient (Wildman–Crippen LogP) is 4.64. The zero-order valence-corrected chi connectivity index (χ0v) is 19.6. The molecule has 2 aromatic heterocycles. The molecule has 0 bridgehead atoms. The summed E-state index contributed by atoms with van der Waals surface area (Å²) in [5.74, 6) is -1.23. The Morgan fingerprint density at radius 2 is 1.91 bits per heavy atom. The van der Waals surface area contributed by atoms with E-state index in [4.69, 9.17) is 9.15 Å². The highest BCUT2D eigenvalue weighted by atomic mass is 79.9. The molecular weight excluding hydrogens is 508 g/mol. The number of hydrogen-bond donors (Lipinski definition) is 0. The van der Waals surface area contributed by atoms with Crippen molar-refractivity contribution in [3.63, 3.8) is 0 Å². The zero-order valence-electron chi connectivity index (χ0n) is 17.2. The first-order valence-corrected chi connectivity index (χ1v) is 11.5. The minimum atomic E-state index is -0.769. The highest BCUT2D eigenvalue weighted by Gasteiger charge is 2.17. The monoisotopic (exact) mass is 522 g/mol. The molecule has 0 spiro atoms. The first kappa shape index (κ1) is 21.3. The summed E-state index contributed by atoms with van der Waals surface area (Å²) in [7, 11) is 1.29. The number of carbonyl (C=O) groups is 2. The van der Waals surface area contributed by atoms with E-state index in [1.807, 2.05) is 48.5 Å². The van der Waals surface area contributed by atoms with Gasteiger partial charge in [0.05, 0.1) is 17.3 Å². The molecular formula is C24H15BrN2O5S. The van der Waals surface area contributed by atoms with Gasteiger partial charge in [0.1, 0.15) is 17.7 Å². The number of hydrogen-bond acceptors (Lipinski definition) is 6. The Kier molecular flexibility index (Phi) is 5.43. The molecule has 0 N–H and O–H groups in total. The smallest absolute Gasteiger partial charge is 0.349 e. The second-order valence-corrected chi connectivity index (χ2v) is 9.15. The average Bonchev–Trinajstić information content (AvgIpc) is 3.13. The number of nitrogens with zero attached hydrogens (tertiary/aromatic N) is 2. The third-order valence-electron chi connectivity index (χ3n) is 5.23. The lowest BCUT2D eigenvalue weighted by atomic mass is 10.0. The van der Waals surface area contributed by atoms with Crippen molar-refractivity contribution in [3.05, 3.63) is 85.9 Å². The highest BCUT2D eigenvalue weighted by Crippen LogP contribution is 2.25. The summed E-state index contributed by atoms with van der Waals surface area (Å²) in [5.41, 5.74) is 0.163. The number of thiazole rings is 1. The van der Waals surface area contributed by atoms with Crippen LogP contribution in [-0.2, 0) is 16.1 Å². The lowest BCUT2D eigenvalue weighted by molar-refractivity contribution is -0.141. The third kappa shape index (κ3) is 3.90. The largest absolute Gasteiger partial charge is 0.468 e. The van der Waals surface area contributed by atoms with Gasteiger partial charge in [-0.25, -0.2) is 4.79 Å². The van der Waals surface area contributed by atoms with Gasteiger partial charge in [-0.2, -0.15) is 4.99 Å². The summed E-state index contributed by atoms with van der Waals surface area (Å²) in [6.45, 7) is -0.124. The van der Waals surface area contributed by atoms with E-state index in [0.717, 1.165) is 25.5 Å². The number of ether oxygens (including phenoxy) is 1. The molecule has 3 aromatic carbocycles. The number of carbonyl (C=O) groups excluding carboxylic acids is 2. The molecule has 0 unspecified atom stereocenters. The lowest BCUT2D eigenvalue weighted by Crippen LogP contribution is -2.23. The Balaban J connectivity index is 1.70. The number of halogens is 1. The Morgan fingerprint density at radius 3 is 2.73 bits per heavy atom. The molecule has 33 heavy (non-hydrogen) atoms. The topological polar surface area (TPSA) is 90.9 Å². The number of esters is 1. The van der Waals surface area contributed by atoms with Crippen LogP contribution in [0.15, 0.2) is 79.3 Å². The summed E-state index contributed by atoms with van der Waals surface area (Å²) in [6.07, 6.45) is 0. The summed E-state index contributed by atoms with van der Waals surface area (Å²) in [5, 5.41) is 2.47. The summed E-state index contributed by atoms with van der Waals surface area (Å²) < 4.78 is 13.5. The molecule has 0 aliphatic heterocycles. The molecule has 164 valence electrons. The standard InChI is InChI=1S/C24H15BrN2O5S/c1-31-21(28)12-27-18-8-7-14(25)10-20(18)33-24(27)26-22(29)17-11-16-15-5-3-2-4-13(15)6-9-19(16)32-23(17)30/h2-11H,12H2,1H3. The van der Waals surface area contributed by atoms with Gasteiger partial charge < -0.3 is 13.7 Å². The minimum absolute atomic E-state index is 0.124. The fourth-order valence-electron chi connectivity index (χ4n) is 3.65. The van der Waals surface area contributed by atoms with Gasteiger partial charge in [-0.15, -0.1) is 0 Å². The molecule has 1 amide bonds. The van der Waals surface area contributed by atoms with Crippen LogP contribution in [-0.4, -0.2) is 23.6 Å². The maximum absolute atomic E-state index is 13.1. The Labute approximate surface area is 198 Å². The predicted molar refractivity (Wildman–Crippen MR) is 129 cm³/mol. The molecule has 5 aromatic rings. The average molecular weight is 523 g/mol. The van der Waals surface area contributed by atoms with Gasteiger partial charge >= 0.3 is 11.6 Å². The molecule has 7 nitrogen and oxygen atoms in total. The Morgan fingerprint density at radius 1 is 1.09 bits per heavy atom. The minimum Gasteiger partial charge on any atom is -0.468 e. The molecule has 0 aliphatic rings. The van der Waals surface area contributed by atoms with Crippen LogP contribution in [0.25, 0.3) is 32.0 Å².